The van der Waals surface area contributed by atoms with E-state index in [0.29, 0.717) is 6.42 Å². The maximum Gasteiger partial charge on any atom is 0.171 e. The van der Waals surface area contributed by atoms with E-state index in [1.165, 1.54) is 0 Å². The van der Waals surface area contributed by atoms with Gasteiger partial charge in [-0.1, -0.05) is 32.9 Å². The Balaban J connectivity index is 1.82. The summed E-state index contributed by atoms with van der Waals surface area (Å²) in [5.41, 5.74) is -0.0418. The van der Waals surface area contributed by atoms with Gasteiger partial charge in [-0.3, -0.25) is 4.79 Å². The second-order valence-electron chi connectivity index (χ2n) is 12.7. The third kappa shape index (κ3) is 10.1. The number of rotatable bonds is 14. The molecule has 1 aliphatic carbocycles. The van der Waals surface area contributed by atoms with Gasteiger partial charge in [-0.2, -0.15) is 0 Å². The molecule has 1 N–H and O–H groups in total. The molecule has 0 aromatic heterocycles. The number of carbonyl (C=O) groups excluding carboxylic acids is 1. The van der Waals surface area contributed by atoms with Gasteiger partial charge in [0.1, 0.15) is 6.61 Å². The molecule has 0 radical (unpaired) electrons. The molecule has 2 saturated heterocycles. The first-order chi connectivity index (χ1) is 18.2. The molecule has 0 aromatic rings. The van der Waals surface area contributed by atoms with E-state index in [-0.39, 0.29) is 60.5 Å². The fraction of sp³-hybridized carbons (Fsp3) is 0.900. The largest absolute Gasteiger partial charge is 0.417 e. The van der Waals surface area contributed by atoms with E-state index in [1.807, 2.05) is 0 Å². The quantitative estimate of drug-likeness (QED) is 0.171. The van der Waals surface area contributed by atoms with Gasteiger partial charge in [0.15, 0.2) is 27.4 Å². The lowest BCUT2D eigenvalue weighted by Crippen LogP contribution is -2.47. The van der Waals surface area contributed by atoms with Gasteiger partial charge in [0.2, 0.25) is 0 Å². The van der Waals surface area contributed by atoms with Crippen LogP contribution >= 0.6 is 0 Å². The standard InChI is InChI=1S/C30H54O7Si/c1-30(2,3)29(37-38(4)5)28-23(15-9-7-6-8-14-22(32)21-31)24(35-26-16-10-12-18-33-26)20-25(28)36-27-17-11-13-19-34-27/h7,9,23-29,31,38H,6,8,10-21H2,1-5H3/t23-,24-,25+,26?,27?,28-,29?/m0/s1. The Morgan fingerprint density at radius 1 is 1.00 bits per heavy atom. The van der Waals surface area contributed by atoms with Crippen molar-refractivity contribution in [3.63, 3.8) is 0 Å². The third-order valence-electron chi connectivity index (χ3n) is 7.99. The van der Waals surface area contributed by atoms with Crippen molar-refractivity contribution < 1.29 is 33.3 Å². The molecule has 7 nitrogen and oxygen atoms in total. The summed E-state index contributed by atoms with van der Waals surface area (Å²) in [6.45, 7) is 12.5. The van der Waals surface area contributed by atoms with E-state index in [4.69, 9.17) is 28.5 Å². The zero-order valence-electron chi connectivity index (χ0n) is 24.6. The van der Waals surface area contributed by atoms with Gasteiger partial charge in [0.05, 0.1) is 18.3 Å². The number of unbranched alkanes of at least 4 members (excludes halogenated alkanes) is 1. The Hall–Kier alpha value is -0.613. The van der Waals surface area contributed by atoms with Crippen molar-refractivity contribution in [3.05, 3.63) is 12.2 Å². The Bertz CT molecular complexity index is 710. The molecular weight excluding hydrogens is 500 g/mol. The topological polar surface area (TPSA) is 83.5 Å². The van der Waals surface area contributed by atoms with Crippen LogP contribution in [0.2, 0.25) is 13.1 Å². The zero-order chi connectivity index (χ0) is 27.5. The zero-order valence-corrected chi connectivity index (χ0v) is 25.7. The fourth-order valence-corrected chi connectivity index (χ4v) is 7.35. The van der Waals surface area contributed by atoms with Crippen molar-refractivity contribution in [2.75, 3.05) is 19.8 Å². The van der Waals surface area contributed by atoms with Crippen LogP contribution in [-0.2, 0) is 28.2 Å². The van der Waals surface area contributed by atoms with E-state index in [9.17, 15) is 4.79 Å². The monoisotopic (exact) mass is 554 g/mol. The number of ether oxygens (including phenoxy) is 4. The van der Waals surface area contributed by atoms with Gasteiger partial charge in [-0.25, -0.2) is 0 Å². The molecule has 3 rings (SSSR count). The third-order valence-corrected chi connectivity index (χ3v) is 8.83. The molecule has 0 spiro atoms. The molecule has 1 saturated carbocycles. The summed E-state index contributed by atoms with van der Waals surface area (Å²) >= 11 is 0. The van der Waals surface area contributed by atoms with Crippen LogP contribution in [0.4, 0.5) is 0 Å². The second kappa shape index (κ2) is 16.0. The highest BCUT2D eigenvalue weighted by Gasteiger charge is 2.52. The average Bonchev–Trinajstić information content (AvgIpc) is 3.20. The van der Waals surface area contributed by atoms with Crippen LogP contribution in [-0.4, -0.2) is 70.6 Å². The maximum atomic E-state index is 11.4. The van der Waals surface area contributed by atoms with Crippen molar-refractivity contribution >= 4 is 14.8 Å². The minimum atomic E-state index is -1.32. The molecule has 3 aliphatic rings. The van der Waals surface area contributed by atoms with Crippen molar-refractivity contribution in [1.82, 2.24) is 0 Å². The average molecular weight is 555 g/mol. The summed E-state index contributed by atoms with van der Waals surface area (Å²) in [4.78, 5) is 11.4. The van der Waals surface area contributed by atoms with Gasteiger partial charge in [-0.15, -0.1) is 0 Å². The summed E-state index contributed by atoms with van der Waals surface area (Å²) in [6, 6.07) is 0. The Kier molecular flexibility index (Phi) is 13.4. The number of aliphatic hydroxyl groups is 1. The number of hydrogen-bond acceptors (Lipinski definition) is 7. The molecule has 0 bridgehead atoms. The number of Topliss-reactive ketones (excluding diaryl/α,β-unsaturated/α-hetero) is 1. The highest BCUT2D eigenvalue weighted by atomic mass is 28.3. The van der Waals surface area contributed by atoms with Gasteiger partial charge < -0.3 is 28.5 Å². The highest BCUT2D eigenvalue weighted by Crippen LogP contribution is 2.47. The van der Waals surface area contributed by atoms with Crippen molar-refractivity contribution in [2.24, 2.45) is 17.3 Å². The predicted octanol–water partition coefficient (Wildman–Crippen LogP) is 5.54. The number of aliphatic hydroxyl groups excluding tert-OH is 1. The molecule has 8 heteroatoms. The lowest BCUT2D eigenvalue weighted by atomic mass is 9.75. The van der Waals surface area contributed by atoms with Crippen molar-refractivity contribution in [1.29, 1.82) is 0 Å². The van der Waals surface area contributed by atoms with Crippen LogP contribution in [0, 0.1) is 17.3 Å². The summed E-state index contributed by atoms with van der Waals surface area (Å²) in [5.74, 6) is 0.328. The number of allylic oxidation sites excluding steroid dienone is 2. The minimum absolute atomic E-state index is 0.00393. The van der Waals surface area contributed by atoms with Crippen LogP contribution in [0.15, 0.2) is 12.2 Å². The first-order valence-electron chi connectivity index (χ1n) is 15.2. The summed E-state index contributed by atoms with van der Waals surface area (Å²) < 4.78 is 32.3. The summed E-state index contributed by atoms with van der Waals surface area (Å²) in [5, 5.41) is 8.97. The lowest BCUT2D eigenvalue weighted by Gasteiger charge is -2.42. The van der Waals surface area contributed by atoms with Gasteiger partial charge in [0.25, 0.3) is 0 Å². The minimum Gasteiger partial charge on any atom is -0.417 e. The highest BCUT2D eigenvalue weighted by molar-refractivity contribution is 6.48. The van der Waals surface area contributed by atoms with Crippen LogP contribution < -0.4 is 0 Å². The molecule has 2 heterocycles. The smallest absolute Gasteiger partial charge is 0.171 e. The van der Waals surface area contributed by atoms with Crippen LogP contribution in [0.1, 0.15) is 91.4 Å². The van der Waals surface area contributed by atoms with Crippen LogP contribution in [0.25, 0.3) is 0 Å². The number of hydrogen-bond donors (Lipinski definition) is 1. The Morgan fingerprint density at radius 2 is 1.63 bits per heavy atom. The van der Waals surface area contributed by atoms with Crippen molar-refractivity contribution in [2.45, 2.75) is 135 Å². The van der Waals surface area contributed by atoms with Gasteiger partial charge >= 0.3 is 0 Å². The van der Waals surface area contributed by atoms with E-state index < -0.39 is 9.04 Å². The molecule has 2 aliphatic heterocycles. The molecule has 220 valence electrons. The van der Waals surface area contributed by atoms with E-state index >= 15 is 0 Å². The molecule has 3 fully saturated rings. The molecule has 7 atom stereocenters. The van der Waals surface area contributed by atoms with Crippen molar-refractivity contribution in [3.8, 4) is 0 Å². The van der Waals surface area contributed by atoms with Crippen LogP contribution in [0.5, 0.6) is 0 Å². The van der Waals surface area contributed by atoms with E-state index in [0.717, 1.165) is 77.4 Å². The molecule has 38 heavy (non-hydrogen) atoms. The molecule has 0 aromatic carbocycles. The maximum absolute atomic E-state index is 11.4. The fourth-order valence-electron chi connectivity index (χ4n) is 6.18. The van der Waals surface area contributed by atoms with E-state index in [2.05, 4.69) is 46.0 Å². The Labute approximate surface area is 232 Å². The van der Waals surface area contributed by atoms with Gasteiger partial charge in [0, 0.05) is 32.0 Å². The molecule has 0 amide bonds. The molecule has 3 unspecified atom stereocenters. The number of carbonyl (C=O) groups is 1. The predicted molar refractivity (Wildman–Crippen MR) is 151 cm³/mol. The van der Waals surface area contributed by atoms with Gasteiger partial charge in [-0.05, 0) is 82.2 Å². The first-order valence-corrected chi connectivity index (χ1v) is 17.9. The molecular formula is C30H54O7Si. The van der Waals surface area contributed by atoms with E-state index in [1.54, 1.807) is 0 Å². The SMILES string of the molecule is C[SiH](C)OC([C@H]1[C@@H](CC=CCCCC(=O)CO)[C@@H](OC2CCCCO2)C[C@H]1OC1CCCCO1)C(C)(C)C. The first kappa shape index (κ1) is 31.9. The normalized spacial score (nSPS) is 31.8. The Morgan fingerprint density at radius 3 is 2.16 bits per heavy atom. The van der Waals surface area contributed by atoms with Crippen LogP contribution in [0.3, 0.4) is 0 Å². The summed E-state index contributed by atoms with van der Waals surface area (Å²) in [7, 11) is -1.32. The summed E-state index contributed by atoms with van der Waals surface area (Å²) in [6.07, 6.45) is 14.3. The number of ketones is 1. The lowest BCUT2D eigenvalue weighted by molar-refractivity contribution is -0.207. The second-order valence-corrected chi connectivity index (χ2v) is 15.1.